The van der Waals surface area contributed by atoms with Crippen LogP contribution in [0, 0.1) is 17.8 Å². The zero-order valence-electron chi connectivity index (χ0n) is 27.1. The minimum Gasteiger partial charge on any atom is -0.493 e. The highest BCUT2D eigenvalue weighted by atomic mass is 35.5. The third kappa shape index (κ3) is 6.20. The molecule has 0 fully saturated rings. The van der Waals surface area contributed by atoms with Gasteiger partial charge in [0, 0.05) is 47.8 Å². The predicted octanol–water partition coefficient (Wildman–Crippen LogP) is 9.12. The Bertz CT molecular complexity index is 1660. The van der Waals surface area contributed by atoms with Gasteiger partial charge in [-0.15, -0.1) is 0 Å². The van der Waals surface area contributed by atoms with Gasteiger partial charge in [0.25, 0.3) is 0 Å². The van der Waals surface area contributed by atoms with E-state index in [0.29, 0.717) is 53.7 Å². The second-order valence-corrected chi connectivity index (χ2v) is 14.8. The van der Waals surface area contributed by atoms with Crippen LogP contribution in [0.15, 0.2) is 89.3 Å². The van der Waals surface area contributed by atoms with Crippen LogP contribution in [0.3, 0.4) is 0 Å². The van der Waals surface area contributed by atoms with Crippen LogP contribution in [0.4, 0.5) is 0 Å². The summed E-state index contributed by atoms with van der Waals surface area (Å²) in [5.41, 5.74) is 7.16. The van der Waals surface area contributed by atoms with Gasteiger partial charge in [0.05, 0.1) is 12.1 Å². The van der Waals surface area contributed by atoms with E-state index < -0.39 is 5.92 Å². The number of nitrogens with zero attached hydrogens (tertiary/aromatic N) is 1. The lowest BCUT2D eigenvalue weighted by atomic mass is 9.63. The van der Waals surface area contributed by atoms with Gasteiger partial charge in [-0.1, -0.05) is 99.5 Å². The molecule has 0 N–H and O–H groups in total. The molecule has 0 bridgehead atoms. The molecule has 0 saturated heterocycles. The van der Waals surface area contributed by atoms with Crippen molar-refractivity contribution in [3.8, 4) is 11.5 Å². The summed E-state index contributed by atoms with van der Waals surface area (Å²) in [6.07, 6.45) is 2.33. The van der Waals surface area contributed by atoms with Gasteiger partial charge in [0.2, 0.25) is 0 Å². The molecule has 0 radical (unpaired) electrons. The number of hydrogen-bond acceptors (Lipinski definition) is 5. The lowest BCUT2D eigenvalue weighted by molar-refractivity contribution is -0.119. The van der Waals surface area contributed by atoms with Crippen molar-refractivity contribution in [2.75, 3.05) is 7.11 Å². The third-order valence-corrected chi connectivity index (χ3v) is 9.57. The molecular formula is C39H42ClNO4. The number of carbonyl (C=O) groups is 2. The topological polar surface area (TPSA) is 55.8 Å². The second-order valence-electron chi connectivity index (χ2n) is 14.4. The van der Waals surface area contributed by atoms with Crippen molar-refractivity contribution < 1.29 is 19.1 Å². The minimum atomic E-state index is -0.522. The van der Waals surface area contributed by atoms with Gasteiger partial charge < -0.3 is 14.4 Å². The number of methoxy groups -OCH3 is 1. The van der Waals surface area contributed by atoms with Crippen LogP contribution in [-0.4, -0.2) is 23.6 Å². The highest BCUT2D eigenvalue weighted by molar-refractivity contribution is 6.32. The fraction of sp³-hybridized carbons (Fsp3) is 0.385. The van der Waals surface area contributed by atoms with Crippen molar-refractivity contribution in [2.45, 2.75) is 79.4 Å². The van der Waals surface area contributed by atoms with E-state index in [1.54, 1.807) is 7.11 Å². The molecule has 1 aliphatic heterocycles. The van der Waals surface area contributed by atoms with Crippen LogP contribution in [0.25, 0.3) is 0 Å². The van der Waals surface area contributed by atoms with Crippen LogP contribution in [0.1, 0.15) is 81.5 Å². The number of benzene rings is 3. The smallest absolute Gasteiger partial charge is 0.180 e. The Morgan fingerprint density at radius 3 is 1.93 bits per heavy atom. The molecule has 0 saturated carbocycles. The molecule has 6 rings (SSSR count). The molecule has 5 nitrogen and oxygen atoms in total. The molecule has 45 heavy (non-hydrogen) atoms. The van der Waals surface area contributed by atoms with Gasteiger partial charge in [-0.25, -0.2) is 0 Å². The van der Waals surface area contributed by atoms with Crippen LogP contribution < -0.4 is 9.47 Å². The van der Waals surface area contributed by atoms with Crippen molar-refractivity contribution in [1.29, 1.82) is 0 Å². The molecule has 6 heteroatoms. The van der Waals surface area contributed by atoms with Crippen LogP contribution in [-0.2, 0) is 22.7 Å². The zero-order chi connectivity index (χ0) is 32.1. The fourth-order valence-electron chi connectivity index (χ4n) is 7.22. The van der Waals surface area contributed by atoms with Crippen molar-refractivity contribution in [1.82, 2.24) is 4.90 Å². The summed E-state index contributed by atoms with van der Waals surface area (Å²) in [6, 6.07) is 22.2. The van der Waals surface area contributed by atoms with Crippen molar-refractivity contribution in [2.24, 2.45) is 10.8 Å². The average Bonchev–Trinajstić information content (AvgIpc) is 2.97. The van der Waals surface area contributed by atoms with Crippen molar-refractivity contribution in [3.63, 3.8) is 0 Å². The number of Topliss-reactive ketones (excluding diaryl/α,β-unsaturated/α-hetero) is 2. The van der Waals surface area contributed by atoms with Gasteiger partial charge in [0.1, 0.15) is 6.61 Å². The van der Waals surface area contributed by atoms with E-state index in [-0.39, 0.29) is 22.4 Å². The molecule has 0 aromatic heterocycles. The Morgan fingerprint density at radius 2 is 1.38 bits per heavy atom. The predicted molar refractivity (Wildman–Crippen MR) is 178 cm³/mol. The van der Waals surface area contributed by atoms with E-state index in [9.17, 15) is 9.59 Å². The summed E-state index contributed by atoms with van der Waals surface area (Å²) in [6.45, 7) is 11.6. The normalized spacial score (nSPS) is 19.4. The molecule has 1 heterocycles. The Balaban J connectivity index is 1.50. The molecule has 0 unspecified atom stereocenters. The average molecular weight is 624 g/mol. The number of hydrogen-bond donors (Lipinski definition) is 0. The Morgan fingerprint density at radius 1 is 0.800 bits per heavy atom. The monoisotopic (exact) mass is 623 g/mol. The number of ketones is 2. The number of halogens is 1. The van der Waals surface area contributed by atoms with Crippen molar-refractivity contribution >= 4 is 23.2 Å². The number of aryl methyl sites for hydroxylation is 1. The lowest BCUT2D eigenvalue weighted by Gasteiger charge is -2.49. The number of allylic oxidation sites excluding steroid dienone is 4. The Hall–Kier alpha value is -3.83. The van der Waals surface area contributed by atoms with Crippen molar-refractivity contribution in [3.05, 3.63) is 117 Å². The SMILES string of the molecule is COc1cc(C2C3=C(CC(C)(C)CC3=O)N(Cc3ccccc3)C3=C2C(=O)CC(C)(C)C3)cc(Cl)c1OCc1ccc(C)cc1. The van der Waals surface area contributed by atoms with E-state index >= 15 is 0 Å². The summed E-state index contributed by atoms with van der Waals surface area (Å²) < 4.78 is 12.0. The van der Waals surface area contributed by atoms with E-state index in [1.807, 2.05) is 61.5 Å². The lowest BCUT2D eigenvalue weighted by Crippen LogP contribution is -2.44. The molecule has 0 amide bonds. The first-order chi connectivity index (χ1) is 21.4. The van der Waals surface area contributed by atoms with Gasteiger partial charge in [-0.2, -0.15) is 0 Å². The molecular weight excluding hydrogens is 582 g/mol. The molecule has 3 aromatic carbocycles. The maximum Gasteiger partial charge on any atom is 0.180 e. The van der Waals surface area contributed by atoms with E-state index in [1.165, 1.54) is 5.56 Å². The molecule has 2 aliphatic carbocycles. The summed E-state index contributed by atoms with van der Waals surface area (Å²) >= 11 is 6.96. The standard InChI is InChI=1S/C39H42ClNO4/c1-24-12-14-26(15-13-24)23-45-37-28(40)16-27(17-33(37)44-6)34-35-29(18-38(2,3)20-31(35)42)41(22-25-10-8-7-9-11-25)30-19-39(4,5)21-32(43)36(30)34/h7-17,34H,18-23H2,1-6H3. The second kappa shape index (κ2) is 11.8. The largest absolute Gasteiger partial charge is 0.493 e. The zero-order valence-corrected chi connectivity index (χ0v) is 27.9. The highest BCUT2D eigenvalue weighted by Crippen LogP contribution is 2.55. The minimum absolute atomic E-state index is 0.0864. The maximum absolute atomic E-state index is 14.2. The van der Waals surface area contributed by atoms with Crippen LogP contribution in [0.5, 0.6) is 11.5 Å². The van der Waals surface area contributed by atoms with Crippen LogP contribution in [0.2, 0.25) is 5.02 Å². The molecule has 0 atom stereocenters. The summed E-state index contributed by atoms with van der Waals surface area (Å²) in [7, 11) is 1.59. The first-order valence-corrected chi connectivity index (χ1v) is 16.1. The number of carbonyl (C=O) groups excluding carboxylic acids is 2. The highest BCUT2D eigenvalue weighted by Gasteiger charge is 2.49. The number of ether oxygens (including phenoxy) is 2. The summed E-state index contributed by atoms with van der Waals surface area (Å²) in [4.78, 5) is 30.7. The van der Waals surface area contributed by atoms with E-state index in [0.717, 1.165) is 40.9 Å². The van der Waals surface area contributed by atoms with Gasteiger partial charge in [-0.05, 0) is 59.4 Å². The van der Waals surface area contributed by atoms with Crippen LogP contribution >= 0.6 is 11.6 Å². The number of rotatable bonds is 7. The van der Waals surface area contributed by atoms with E-state index in [4.69, 9.17) is 21.1 Å². The molecule has 3 aromatic rings. The fourth-order valence-corrected chi connectivity index (χ4v) is 7.50. The van der Waals surface area contributed by atoms with Gasteiger partial charge >= 0.3 is 0 Å². The molecule has 0 spiro atoms. The third-order valence-electron chi connectivity index (χ3n) is 9.29. The van der Waals surface area contributed by atoms with Gasteiger partial charge in [0.15, 0.2) is 23.1 Å². The molecule has 3 aliphatic rings. The summed E-state index contributed by atoms with van der Waals surface area (Å²) in [5.74, 6) is 0.576. The molecule has 234 valence electrons. The Labute approximate surface area is 271 Å². The quantitative estimate of drug-likeness (QED) is 0.263. The summed E-state index contributed by atoms with van der Waals surface area (Å²) in [5, 5.41) is 0.389. The first-order valence-electron chi connectivity index (χ1n) is 15.8. The van der Waals surface area contributed by atoms with E-state index in [2.05, 4.69) is 44.7 Å². The van der Waals surface area contributed by atoms with Gasteiger partial charge in [-0.3, -0.25) is 9.59 Å². The first kappa shape index (κ1) is 31.2. The maximum atomic E-state index is 14.2. The Kier molecular flexibility index (Phi) is 8.19.